The summed E-state index contributed by atoms with van der Waals surface area (Å²) < 4.78 is 5.42. The fourth-order valence-electron chi connectivity index (χ4n) is 3.56. The van der Waals surface area contributed by atoms with E-state index in [0.717, 1.165) is 47.9 Å². The van der Waals surface area contributed by atoms with Crippen molar-refractivity contribution in [1.29, 1.82) is 0 Å². The van der Waals surface area contributed by atoms with Crippen LogP contribution in [0.25, 0.3) is 22.2 Å². The molecule has 5 nitrogen and oxygen atoms in total. The Labute approximate surface area is 152 Å². The molecule has 134 valence electrons. The van der Waals surface area contributed by atoms with E-state index in [-0.39, 0.29) is 11.9 Å². The summed E-state index contributed by atoms with van der Waals surface area (Å²) in [7, 11) is 0. The first-order chi connectivity index (χ1) is 12.5. The van der Waals surface area contributed by atoms with Crippen molar-refractivity contribution in [2.24, 2.45) is 0 Å². The Morgan fingerprint density at radius 3 is 2.65 bits per heavy atom. The van der Waals surface area contributed by atoms with Crippen LogP contribution in [-0.2, 0) is 0 Å². The largest absolute Gasteiger partial charge is 0.464 e. The first-order valence-corrected chi connectivity index (χ1v) is 8.98. The third-order valence-corrected chi connectivity index (χ3v) is 5.20. The molecule has 0 saturated heterocycles. The molecule has 5 heteroatoms. The van der Waals surface area contributed by atoms with Gasteiger partial charge >= 0.3 is 0 Å². The highest BCUT2D eigenvalue weighted by atomic mass is 16.3. The van der Waals surface area contributed by atoms with E-state index in [1.54, 1.807) is 12.5 Å². The third-order valence-electron chi connectivity index (χ3n) is 5.20. The van der Waals surface area contributed by atoms with Gasteiger partial charge in [0.2, 0.25) is 0 Å². The van der Waals surface area contributed by atoms with E-state index in [1.807, 2.05) is 43.3 Å². The molecule has 1 aliphatic rings. The van der Waals surface area contributed by atoms with Gasteiger partial charge in [-0.1, -0.05) is 12.1 Å². The maximum absolute atomic E-state index is 12.5. The van der Waals surface area contributed by atoms with E-state index in [0.29, 0.717) is 5.56 Å². The Kier molecular flexibility index (Phi) is 4.24. The molecule has 1 saturated carbocycles. The number of carbonyl (C=O) groups is 1. The van der Waals surface area contributed by atoms with Gasteiger partial charge in [0, 0.05) is 28.8 Å². The number of fused-ring (bicyclic) bond motifs is 1. The summed E-state index contributed by atoms with van der Waals surface area (Å²) in [6.07, 6.45) is 6.43. The second-order valence-electron chi connectivity index (χ2n) is 7.31. The molecule has 26 heavy (non-hydrogen) atoms. The highest BCUT2D eigenvalue weighted by Crippen LogP contribution is 2.29. The smallest absolute Gasteiger partial charge is 0.251 e. The number of amides is 1. The van der Waals surface area contributed by atoms with E-state index >= 15 is 0 Å². The van der Waals surface area contributed by atoms with Crippen molar-refractivity contribution in [3.05, 3.63) is 54.4 Å². The van der Waals surface area contributed by atoms with Gasteiger partial charge in [-0.05, 0) is 56.9 Å². The van der Waals surface area contributed by atoms with Crippen LogP contribution < -0.4 is 5.32 Å². The average molecular weight is 350 g/mol. The van der Waals surface area contributed by atoms with Crippen LogP contribution in [0.15, 0.2) is 53.3 Å². The van der Waals surface area contributed by atoms with Crippen molar-refractivity contribution in [2.75, 3.05) is 0 Å². The summed E-state index contributed by atoms with van der Waals surface area (Å²) in [6.45, 7) is 1.86. The van der Waals surface area contributed by atoms with Crippen molar-refractivity contribution < 1.29 is 14.3 Å². The Morgan fingerprint density at radius 2 is 1.92 bits per heavy atom. The molecular formula is C21H22N2O3. The lowest BCUT2D eigenvalue weighted by Crippen LogP contribution is -2.42. The number of benzene rings is 1. The van der Waals surface area contributed by atoms with Crippen molar-refractivity contribution >= 4 is 16.9 Å². The first kappa shape index (κ1) is 16.8. The normalized spacial score (nSPS) is 23.1. The molecular weight excluding hydrogens is 328 g/mol. The van der Waals surface area contributed by atoms with Crippen molar-refractivity contribution in [3.8, 4) is 11.3 Å². The fraction of sp³-hybridized carbons (Fsp3) is 0.333. The van der Waals surface area contributed by atoms with Crippen LogP contribution in [0, 0.1) is 0 Å². The second-order valence-corrected chi connectivity index (χ2v) is 7.31. The minimum atomic E-state index is -0.593. The number of pyridine rings is 1. The average Bonchev–Trinajstić information content (AvgIpc) is 3.12. The predicted molar refractivity (Wildman–Crippen MR) is 99.8 cm³/mol. The zero-order valence-electron chi connectivity index (χ0n) is 14.7. The molecule has 0 unspecified atom stereocenters. The lowest BCUT2D eigenvalue weighted by Gasteiger charge is -2.33. The summed E-state index contributed by atoms with van der Waals surface area (Å²) in [4.78, 5) is 16.9. The molecule has 2 aromatic heterocycles. The maximum Gasteiger partial charge on any atom is 0.251 e. The number of aliphatic hydroxyl groups is 1. The highest BCUT2D eigenvalue weighted by molar-refractivity contribution is 5.96. The molecule has 0 atom stereocenters. The molecule has 1 aliphatic carbocycles. The van der Waals surface area contributed by atoms with E-state index in [9.17, 15) is 9.90 Å². The second kappa shape index (κ2) is 6.57. The number of nitrogens with one attached hydrogen (secondary N) is 1. The van der Waals surface area contributed by atoms with E-state index in [4.69, 9.17) is 4.42 Å². The quantitative estimate of drug-likeness (QED) is 0.751. The van der Waals surface area contributed by atoms with Crippen molar-refractivity contribution in [3.63, 3.8) is 0 Å². The Hall–Kier alpha value is -2.66. The minimum absolute atomic E-state index is 0.0717. The zero-order valence-corrected chi connectivity index (χ0v) is 14.7. The van der Waals surface area contributed by atoms with Gasteiger partial charge in [0.1, 0.15) is 5.58 Å². The predicted octanol–water partition coefficient (Wildman–Crippen LogP) is 3.92. The number of hydrogen-bond acceptors (Lipinski definition) is 4. The van der Waals surface area contributed by atoms with Crippen LogP contribution in [0.5, 0.6) is 0 Å². The lowest BCUT2D eigenvalue weighted by atomic mass is 9.83. The van der Waals surface area contributed by atoms with Crippen LogP contribution in [-0.4, -0.2) is 27.6 Å². The topological polar surface area (TPSA) is 75.4 Å². The van der Waals surface area contributed by atoms with E-state index in [1.165, 1.54) is 0 Å². The number of carbonyl (C=O) groups excluding carboxylic acids is 1. The Bertz CT molecular complexity index is 918. The minimum Gasteiger partial charge on any atom is -0.464 e. The Morgan fingerprint density at radius 1 is 1.19 bits per heavy atom. The van der Waals surface area contributed by atoms with E-state index in [2.05, 4.69) is 10.3 Å². The van der Waals surface area contributed by atoms with E-state index < -0.39 is 5.60 Å². The molecule has 4 rings (SSSR count). The van der Waals surface area contributed by atoms with Gasteiger partial charge < -0.3 is 14.8 Å². The molecule has 0 spiro atoms. The number of furan rings is 1. The molecule has 1 amide bonds. The van der Waals surface area contributed by atoms with Crippen molar-refractivity contribution in [2.45, 2.75) is 44.2 Å². The molecule has 0 bridgehead atoms. The van der Waals surface area contributed by atoms with Gasteiger partial charge in [0.25, 0.3) is 5.91 Å². The Balaban J connectivity index is 1.48. The fourth-order valence-corrected chi connectivity index (χ4v) is 3.56. The number of rotatable bonds is 3. The molecule has 2 heterocycles. The standard InChI is InChI=1S/C21H22N2O3/c1-21(25)10-6-16(7-11-21)23-20(24)15-4-2-14(3-5-15)19-17-9-13-26-18(17)8-12-22-19/h2-5,8-9,12-13,16,25H,6-7,10-11H2,1H3,(H,23,24). The maximum atomic E-state index is 12.5. The molecule has 2 N–H and O–H groups in total. The monoisotopic (exact) mass is 350 g/mol. The summed E-state index contributed by atoms with van der Waals surface area (Å²) >= 11 is 0. The van der Waals surface area contributed by atoms with Crippen LogP contribution >= 0.6 is 0 Å². The molecule has 0 aliphatic heterocycles. The number of nitrogens with zero attached hydrogens (tertiary/aromatic N) is 1. The van der Waals surface area contributed by atoms with Gasteiger partial charge in [-0.2, -0.15) is 0 Å². The molecule has 0 radical (unpaired) electrons. The highest BCUT2D eigenvalue weighted by Gasteiger charge is 2.29. The first-order valence-electron chi connectivity index (χ1n) is 8.98. The molecule has 3 aromatic rings. The van der Waals surface area contributed by atoms with Crippen LogP contribution in [0.1, 0.15) is 43.0 Å². The van der Waals surface area contributed by atoms with Gasteiger partial charge in [-0.15, -0.1) is 0 Å². The van der Waals surface area contributed by atoms with Gasteiger partial charge in [-0.3, -0.25) is 9.78 Å². The summed E-state index contributed by atoms with van der Waals surface area (Å²) in [5.74, 6) is -0.0717. The van der Waals surface area contributed by atoms with Crippen LogP contribution in [0.4, 0.5) is 0 Å². The third kappa shape index (κ3) is 3.35. The van der Waals surface area contributed by atoms with Gasteiger partial charge in [0.15, 0.2) is 0 Å². The molecule has 1 aromatic carbocycles. The SMILES string of the molecule is CC1(O)CCC(NC(=O)c2ccc(-c3nccc4occc34)cc2)CC1. The number of aromatic nitrogens is 1. The summed E-state index contributed by atoms with van der Waals surface area (Å²) in [6, 6.07) is 11.3. The van der Waals surface area contributed by atoms with Crippen LogP contribution in [0.2, 0.25) is 0 Å². The van der Waals surface area contributed by atoms with Crippen LogP contribution in [0.3, 0.4) is 0 Å². The van der Waals surface area contributed by atoms with Gasteiger partial charge in [0.05, 0.1) is 17.6 Å². The number of hydrogen-bond donors (Lipinski definition) is 2. The summed E-state index contributed by atoms with van der Waals surface area (Å²) in [5, 5.41) is 14.1. The zero-order chi connectivity index (χ0) is 18.1. The summed E-state index contributed by atoms with van der Waals surface area (Å²) in [5.41, 5.74) is 2.62. The lowest BCUT2D eigenvalue weighted by molar-refractivity contribution is 0.0140. The molecule has 1 fully saturated rings. The van der Waals surface area contributed by atoms with Gasteiger partial charge in [-0.25, -0.2) is 0 Å². The van der Waals surface area contributed by atoms with Crippen molar-refractivity contribution in [1.82, 2.24) is 10.3 Å².